The fourth-order valence-corrected chi connectivity index (χ4v) is 1.80. The quantitative estimate of drug-likeness (QED) is 0.624. The minimum absolute atomic E-state index is 0.876. The second kappa shape index (κ2) is 9.45. The summed E-state index contributed by atoms with van der Waals surface area (Å²) in [5, 5.41) is 0. The molecule has 0 heterocycles. The third kappa shape index (κ3) is 6.66. The fraction of sp³-hybridized carbons (Fsp3) is 0.625. The van der Waals surface area contributed by atoms with Crippen molar-refractivity contribution in [2.24, 2.45) is 5.92 Å². The van der Waals surface area contributed by atoms with Crippen molar-refractivity contribution in [3.63, 3.8) is 0 Å². The number of aryl methyl sites for hydroxylation is 2. The van der Waals surface area contributed by atoms with E-state index in [9.17, 15) is 0 Å². The number of rotatable bonds is 5. The number of benzene rings is 1. The summed E-state index contributed by atoms with van der Waals surface area (Å²) in [5.74, 6) is 0.876. The van der Waals surface area contributed by atoms with E-state index in [1.54, 1.807) is 0 Å². The number of hydrogen-bond donors (Lipinski definition) is 0. The highest BCUT2D eigenvalue weighted by molar-refractivity contribution is 5.21. The second-order valence-electron chi connectivity index (χ2n) is 4.42. The number of hydrogen-bond acceptors (Lipinski definition) is 0. The Morgan fingerprint density at radius 1 is 1.00 bits per heavy atom. The molecule has 1 rings (SSSR count). The second-order valence-corrected chi connectivity index (χ2v) is 4.42. The first-order chi connectivity index (χ1) is 7.72. The fourth-order valence-electron chi connectivity index (χ4n) is 1.80. The Kier molecular flexibility index (Phi) is 8.99. The predicted molar refractivity (Wildman–Crippen MR) is 74.9 cm³/mol. The van der Waals surface area contributed by atoms with Gasteiger partial charge in [0.15, 0.2) is 0 Å². The summed E-state index contributed by atoms with van der Waals surface area (Å²) in [7, 11) is 0. The monoisotopic (exact) mass is 220 g/mol. The van der Waals surface area contributed by atoms with Crippen LogP contribution in [0.3, 0.4) is 0 Å². The molecule has 1 aromatic carbocycles. The van der Waals surface area contributed by atoms with Crippen molar-refractivity contribution in [2.45, 2.75) is 60.3 Å². The standard InChI is InChI=1S/C14H22.C2H6/c1-4-5-12(2)6-9-14-10-7-13(3)8-11-14;1-2/h7-8,10-12H,4-6,9H2,1-3H3;1-2H3. The maximum absolute atomic E-state index is 2.36. The third-order valence-corrected chi connectivity index (χ3v) is 2.83. The summed E-state index contributed by atoms with van der Waals surface area (Å²) >= 11 is 0. The van der Waals surface area contributed by atoms with E-state index in [4.69, 9.17) is 0 Å². The smallest absolute Gasteiger partial charge is 0.0276 e. The van der Waals surface area contributed by atoms with Gasteiger partial charge in [0, 0.05) is 0 Å². The van der Waals surface area contributed by atoms with Gasteiger partial charge in [0.25, 0.3) is 0 Å². The van der Waals surface area contributed by atoms with Crippen molar-refractivity contribution in [2.75, 3.05) is 0 Å². The molecule has 0 amide bonds. The maximum Gasteiger partial charge on any atom is -0.0276 e. The van der Waals surface area contributed by atoms with Crippen LogP contribution in [0.25, 0.3) is 0 Å². The summed E-state index contributed by atoms with van der Waals surface area (Å²) in [6, 6.07) is 8.93. The Bertz CT molecular complexity index is 245. The van der Waals surface area contributed by atoms with E-state index < -0.39 is 0 Å². The molecule has 0 saturated heterocycles. The Balaban J connectivity index is 0.00000106. The molecule has 92 valence electrons. The Hall–Kier alpha value is -0.780. The van der Waals surface area contributed by atoms with Gasteiger partial charge in [0.1, 0.15) is 0 Å². The molecule has 0 aliphatic heterocycles. The summed E-state index contributed by atoms with van der Waals surface area (Å²) in [5.41, 5.74) is 2.84. The van der Waals surface area contributed by atoms with Crippen molar-refractivity contribution in [3.05, 3.63) is 35.4 Å². The normalized spacial score (nSPS) is 11.6. The predicted octanol–water partition coefficient (Wildman–Crippen LogP) is 5.39. The van der Waals surface area contributed by atoms with Crippen LogP contribution >= 0.6 is 0 Å². The first-order valence-electron chi connectivity index (χ1n) is 6.78. The summed E-state index contributed by atoms with van der Waals surface area (Å²) in [4.78, 5) is 0. The zero-order valence-electron chi connectivity index (χ0n) is 11.7. The molecule has 1 aromatic rings. The van der Waals surface area contributed by atoms with Crippen LogP contribution in [-0.2, 0) is 6.42 Å². The lowest BCUT2D eigenvalue weighted by molar-refractivity contribution is 0.486. The van der Waals surface area contributed by atoms with E-state index in [0.717, 1.165) is 5.92 Å². The topological polar surface area (TPSA) is 0 Å². The average Bonchev–Trinajstić information content (AvgIpc) is 2.31. The van der Waals surface area contributed by atoms with Gasteiger partial charge < -0.3 is 0 Å². The van der Waals surface area contributed by atoms with Gasteiger partial charge in [0.2, 0.25) is 0 Å². The average molecular weight is 220 g/mol. The van der Waals surface area contributed by atoms with Gasteiger partial charge >= 0.3 is 0 Å². The first-order valence-corrected chi connectivity index (χ1v) is 6.78. The third-order valence-electron chi connectivity index (χ3n) is 2.83. The van der Waals surface area contributed by atoms with Crippen LogP contribution in [0.5, 0.6) is 0 Å². The lowest BCUT2D eigenvalue weighted by Gasteiger charge is -2.09. The van der Waals surface area contributed by atoms with Gasteiger partial charge in [-0.05, 0) is 31.2 Å². The van der Waals surface area contributed by atoms with Crippen molar-refractivity contribution in [1.82, 2.24) is 0 Å². The maximum atomic E-state index is 2.36. The van der Waals surface area contributed by atoms with Crippen LogP contribution in [0.2, 0.25) is 0 Å². The molecule has 0 bridgehead atoms. The largest absolute Gasteiger partial charge is 0.0683 e. The molecule has 0 radical (unpaired) electrons. The summed E-state index contributed by atoms with van der Waals surface area (Å²) < 4.78 is 0. The van der Waals surface area contributed by atoms with Crippen LogP contribution in [0, 0.1) is 12.8 Å². The molecule has 1 atom stereocenters. The van der Waals surface area contributed by atoms with Crippen molar-refractivity contribution in [1.29, 1.82) is 0 Å². The molecular weight excluding hydrogens is 192 g/mol. The van der Waals surface area contributed by atoms with Gasteiger partial charge in [0.05, 0.1) is 0 Å². The highest BCUT2D eigenvalue weighted by Crippen LogP contribution is 2.14. The zero-order chi connectivity index (χ0) is 12.4. The molecule has 16 heavy (non-hydrogen) atoms. The van der Waals surface area contributed by atoms with Gasteiger partial charge in [-0.1, -0.05) is 70.4 Å². The molecule has 0 spiro atoms. The molecule has 0 fully saturated rings. The Morgan fingerprint density at radius 2 is 1.56 bits per heavy atom. The molecule has 1 unspecified atom stereocenters. The minimum atomic E-state index is 0.876. The SMILES string of the molecule is CC.CCCC(C)CCc1ccc(C)cc1. The summed E-state index contributed by atoms with van der Waals surface area (Å²) in [6.45, 7) is 10.8. The van der Waals surface area contributed by atoms with E-state index in [-0.39, 0.29) is 0 Å². The molecule has 0 saturated carbocycles. The zero-order valence-corrected chi connectivity index (χ0v) is 11.7. The van der Waals surface area contributed by atoms with Gasteiger partial charge in [-0.3, -0.25) is 0 Å². The van der Waals surface area contributed by atoms with E-state index in [1.807, 2.05) is 13.8 Å². The van der Waals surface area contributed by atoms with E-state index in [1.165, 1.54) is 36.8 Å². The molecule has 0 heteroatoms. The molecule has 0 aromatic heterocycles. The lowest BCUT2D eigenvalue weighted by atomic mass is 9.97. The first kappa shape index (κ1) is 15.2. The van der Waals surface area contributed by atoms with Crippen LogP contribution in [0.1, 0.15) is 58.1 Å². The van der Waals surface area contributed by atoms with Crippen LogP contribution < -0.4 is 0 Å². The molecule has 0 N–H and O–H groups in total. The van der Waals surface area contributed by atoms with Crippen molar-refractivity contribution < 1.29 is 0 Å². The molecule has 0 aliphatic rings. The Morgan fingerprint density at radius 3 is 2.06 bits per heavy atom. The van der Waals surface area contributed by atoms with Crippen LogP contribution in [0.4, 0.5) is 0 Å². The highest BCUT2D eigenvalue weighted by Gasteiger charge is 2.00. The molecular formula is C16H28. The van der Waals surface area contributed by atoms with Crippen LogP contribution in [-0.4, -0.2) is 0 Å². The van der Waals surface area contributed by atoms with Gasteiger partial charge in [-0.15, -0.1) is 0 Å². The molecule has 0 aliphatic carbocycles. The summed E-state index contributed by atoms with van der Waals surface area (Å²) in [6.07, 6.45) is 5.25. The van der Waals surface area contributed by atoms with E-state index in [0.29, 0.717) is 0 Å². The van der Waals surface area contributed by atoms with Gasteiger partial charge in [-0.2, -0.15) is 0 Å². The molecule has 0 nitrogen and oxygen atoms in total. The van der Waals surface area contributed by atoms with Gasteiger partial charge in [-0.25, -0.2) is 0 Å². The van der Waals surface area contributed by atoms with Crippen LogP contribution in [0.15, 0.2) is 24.3 Å². The minimum Gasteiger partial charge on any atom is -0.0683 e. The Labute approximate surface area is 102 Å². The highest BCUT2D eigenvalue weighted by atomic mass is 14.1. The van der Waals surface area contributed by atoms with E-state index in [2.05, 4.69) is 45.0 Å². The van der Waals surface area contributed by atoms with E-state index >= 15 is 0 Å². The van der Waals surface area contributed by atoms with Crippen molar-refractivity contribution >= 4 is 0 Å². The van der Waals surface area contributed by atoms with Crippen molar-refractivity contribution in [3.8, 4) is 0 Å². The lowest BCUT2D eigenvalue weighted by Crippen LogP contribution is -1.96.